The first kappa shape index (κ1) is 37.0. The molecule has 0 radical (unpaired) electrons. The number of nitrogens with zero attached hydrogens (tertiary/aromatic N) is 7. The molecule has 3 aliphatic rings. The highest BCUT2D eigenvalue weighted by molar-refractivity contribution is 6.33. The van der Waals surface area contributed by atoms with Crippen molar-refractivity contribution in [1.82, 2.24) is 35.0 Å². The predicted octanol–water partition coefficient (Wildman–Crippen LogP) is 6.24. The van der Waals surface area contributed by atoms with E-state index in [0.717, 1.165) is 13.0 Å². The lowest BCUT2D eigenvalue weighted by molar-refractivity contribution is -0.274. The van der Waals surface area contributed by atoms with Gasteiger partial charge in [-0.1, -0.05) is 17.7 Å². The summed E-state index contributed by atoms with van der Waals surface area (Å²) in [5.74, 6) is -1.68. The van der Waals surface area contributed by atoms with Crippen molar-refractivity contribution in [3.8, 4) is 28.9 Å². The Morgan fingerprint density at radius 3 is 2.81 bits per heavy atom. The zero-order valence-electron chi connectivity index (χ0n) is 28.7. The Hall–Kier alpha value is -5.30. The maximum Gasteiger partial charge on any atom is 0.573 e. The Morgan fingerprint density at radius 2 is 2.07 bits per heavy atom. The molecule has 8 rings (SSSR count). The monoisotopic (exact) mass is 777 g/mol. The number of anilines is 2. The first-order valence-corrected chi connectivity index (χ1v) is 17.2. The average molecular weight is 778 g/mol. The molecule has 4 N–H and O–H groups in total. The van der Waals surface area contributed by atoms with Gasteiger partial charge in [0.1, 0.15) is 47.6 Å². The summed E-state index contributed by atoms with van der Waals surface area (Å²) in [5.41, 5.74) is 5.22. The molecule has 7 heterocycles. The summed E-state index contributed by atoms with van der Waals surface area (Å²) in [6.07, 6.45) is -1.60. The molecule has 286 valence electrons. The summed E-state index contributed by atoms with van der Waals surface area (Å²) in [6, 6.07) is 3.58. The van der Waals surface area contributed by atoms with Crippen LogP contribution in [0, 0.1) is 5.82 Å². The number of benzene rings is 1. The van der Waals surface area contributed by atoms with E-state index in [1.807, 2.05) is 24.8 Å². The van der Waals surface area contributed by atoms with Crippen molar-refractivity contribution in [2.45, 2.75) is 63.3 Å². The van der Waals surface area contributed by atoms with Crippen molar-refractivity contribution >= 4 is 51.5 Å². The maximum absolute atomic E-state index is 17.2. The van der Waals surface area contributed by atoms with E-state index in [4.69, 9.17) is 41.7 Å². The third-order valence-corrected chi connectivity index (χ3v) is 10.3. The molecule has 54 heavy (non-hydrogen) atoms. The molecule has 0 spiro atoms. The molecular formula is C34H33ClF5N9O5. The third-order valence-electron chi connectivity index (χ3n) is 9.97. The van der Waals surface area contributed by atoms with Gasteiger partial charge in [-0.2, -0.15) is 15.1 Å². The van der Waals surface area contributed by atoms with E-state index in [0.29, 0.717) is 12.0 Å². The molecule has 2 saturated heterocycles. The van der Waals surface area contributed by atoms with Crippen LogP contribution in [-0.4, -0.2) is 97.0 Å². The second-order valence-corrected chi connectivity index (χ2v) is 13.7. The van der Waals surface area contributed by atoms with E-state index in [-0.39, 0.29) is 78.0 Å². The van der Waals surface area contributed by atoms with Gasteiger partial charge in [0.15, 0.2) is 11.6 Å². The number of H-pyrrole nitrogens is 1. The van der Waals surface area contributed by atoms with E-state index in [1.165, 1.54) is 12.3 Å². The van der Waals surface area contributed by atoms with Crippen LogP contribution in [0.4, 0.5) is 33.6 Å². The average Bonchev–Trinajstić information content (AvgIpc) is 3.79. The van der Waals surface area contributed by atoms with Crippen molar-refractivity contribution in [2.75, 3.05) is 36.9 Å². The molecule has 0 aliphatic carbocycles. The fraction of sp³-hybridized carbons (Fsp3) is 0.412. The van der Waals surface area contributed by atoms with Crippen LogP contribution in [-0.2, 0) is 4.79 Å². The Kier molecular flexibility index (Phi) is 9.71. The quantitative estimate of drug-likeness (QED) is 0.125. The number of alkyl halides is 4. The molecule has 20 heteroatoms. The third kappa shape index (κ3) is 6.59. The number of aromatic amines is 1. The number of fused-ring (bicyclic) bond motifs is 2. The standard InChI is InChI=1S/C33H31ClF5N9O3.CH2O2/c1-15-13-49-30-23-26(24(36)25(43-30)22-19-11-42-46-21(19)9-20(34)27(22)51-33(37,38)39)44-31(50-14-32-6-4-8-47(32)12-17(35)10-32)45-29(23)48(15)16(2)18-5-3-7-41-28(18)40;2-1-3/h3,5,7,9,11,15-17H,4,6,8,10,12-14H2,1-2H3,(H2,40,41)(H,42,46);1H,(H,2,3)/t15-,16+,17+,32-;/m0./s1. The van der Waals surface area contributed by atoms with E-state index < -0.39 is 58.0 Å². The lowest BCUT2D eigenvalue weighted by Crippen LogP contribution is -2.43. The number of hydrogen-bond acceptors (Lipinski definition) is 12. The number of hydrogen-bond donors (Lipinski definition) is 3. The Balaban J connectivity index is 0.00000145. The molecular weight excluding hydrogens is 745 g/mol. The van der Waals surface area contributed by atoms with Crippen LogP contribution in [0.25, 0.3) is 33.1 Å². The minimum absolute atomic E-state index is 0.00274. The number of pyridine rings is 2. The van der Waals surface area contributed by atoms with Crippen molar-refractivity contribution in [2.24, 2.45) is 0 Å². The van der Waals surface area contributed by atoms with Gasteiger partial charge >= 0.3 is 12.4 Å². The van der Waals surface area contributed by atoms with Gasteiger partial charge in [-0.15, -0.1) is 13.2 Å². The summed E-state index contributed by atoms with van der Waals surface area (Å²) >= 11 is 6.30. The molecule has 3 aliphatic heterocycles. The van der Waals surface area contributed by atoms with Gasteiger partial charge in [0.05, 0.1) is 39.9 Å². The van der Waals surface area contributed by atoms with Gasteiger partial charge in [0, 0.05) is 30.1 Å². The number of carbonyl (C=O) groups is 1. The minimum atomic E-state index is -5.19. The number of rotatable bonds is 7. The van der Waals surface area contributed by atoms with Crippen molar-refractivity contribution in [3.63, 3.8) is 0 Å². The highest BCUT2D eigenvalue weighted by Gasteiger charge is 2.49. The summed E-state index contributed by atoms with van der Waals surface area (Å²) in [5, 5.41) is 13.1. The lowest BCUT2D eigenvalue weighted by atomic mass is 9.95. The Labute approximate surface area is 308 Å². The molecule has 0 unspecified atom stereocenters. The van der Waals surface area contributed by atoms with E-state index in [2.05, 4.69) is 34.8 Å². The molecule has 0 saturated carbocycles. The molecule has 4 atom stereocenters. The van der Waals surface area contributed by atoms with Crippen LogP contribution in [0.5, 0.6) is 17.6 Å². The number of nitrogen functional groups attached to an aromatic ring is 1. The van der Waals surface area contributed by atoms with Gasteiger partial charge in [-0.3, -0.25) is 14.8 Å². The zero-order valence-corrected chi connectivity index (χ0v) is 29.5. The van der Waals surface area contributed by atoms with E-state index >= 15 is 4.39 Å². The number of nitrogens with one attached hydrogen (secondary N) is 1. The summed E-state index contributed by atoms with van der Waals surface area (Å²) in [4.78, 5) is 30.2. The first-order chi connectivity index (χ1) is 25.7. The van der Waals surface area contributed by atoms with Crippen molar-refractivity contribution in [1.29, 1.82) is 0 Å². The highest BCUT2D eigenvalue weighted by atomic mass is 35.5. The smallest absolute Gasteiger partial charge is 0.483 e. The first-order valence-electron chi connectivity index (χ1n) is 16.8. The van der Waals surface area contributed by atoms with Crippen LogP contribution in [0.3, 0.4) is 0 Å². The van der Waals surface area contributed by atoms with Crippen molar-refractivity contribution < 1.29 is 46.1 Å². The van der Waals surface area contributed by atoms with E-state index in [9.17, 15) is 17.6 Å². The largest absolute Gasteiger partial charge is 0.573 e. The summed E-state index contributed by atoms with van der Waals surface area (Å²) in [7, 11) is 0. The molecule has 4 aromatic heterocycles. The van der Waals surface area contributed by atoms with Gasteiger partial charge in [0.25, 0.3) is 6.47 Å². The second kappa shape index (κ2) is 14.2. The molecule has 2 fully saturated rings. The molecule has 0 amide bonds. The summed E-state index contributed by atoms with van der Waals surface area (Å²) < 4.78 is 89.8. The Bertz CT molecular complexity index is 2230. The van der Waals surface area contributed by atoms with Gasteiger partial charge in [-0.05, 0) is 45.4 Å². The van der Waals surface area contributed by atoms with Crippen LogP contribution >= 0.6 is 11.6 Å². The minimum Gasteiger partial charge on any atom is -0.483 e. The van der Waals surface area contributed by atoms with E-state index in [1.54, 1.807) is 12.3 Å². The number of ether oxygens (including phenoxy) is 3. The zero-order chi connectivity index (χ0) is 38.5. The van der Waals surface area contributed by atoms with Gasteiger partial charge in [-0.25, -0.2) is 18.7 Å². The number of halogens is 6. The second-order valence-electron chi connectivity index (χ2n) is 13.3. The van der Waals surface area contributed by atoms with Crippen LogP contribution in [0.15, 0.2) is 30.6 Å². The van der Waals surface area contributed by atoms with Gasteiger partial charge in [0.2, 0.25) is 5.88 Å². The molecule has 1 aromatic carbocycles. The number of carboxylic acid groups (broad SMARTS) is 1. The normalized spacial score (nSPS) is 21.6. The lowest BCUT2D eigenvalue weighted by Gasteiger charge is -2.35. The van der Waals surface area contributed by atoms with Crippen molar-refractivity contribution in [3.05, 3.63) is 47.0 Å². The van der Waals surface area contributed by atoms with Crippen LogP contribution < -0.4 is 24.8 Å². The Morgan fingerprint density at radius 1 is 1.30 bits per heavy atom. The van der Waals surface area contributed by atoms with Crippen LogP contribution in [0.1, 0.15) is 44.7 Å². The fourth-order valence-corrected chi connectivity index (χ4v) is 7.99. The predicted molar refractivity (Wildman–Crippen MR) is 186 cm³/mol. The van der Waals surface area contributed by atoms with Gasteiger partial charge < -0.3 is 30.0 Å². The number of nitrogens with two attached hydrogens (primary N) is 1. The fourth-order valence-electron chi connectivity index (χ4n) is 7.75. The SMILES string of the molecule is C[C@H](c1cccnc1N)N1c2nc(OC[C@@]34CCCN3C[C@H](F)C4)nc3c(F)c(-c4c(OC(F)(F)F)c(Cl)cc5[nH]ncc45)nc(c23)OC[C@@H]1C.O=CO. The maximum atomic E-state index is 17.2. The summed E-state index contributed by atoms with van der Waals surface area (Å²) in [6.45, 7) is 4.53. The number of aromatic nitrogens is 6. The molecule has 5 aromatic rings. The topological polar surface area (TPSA) is 178 Å². The molecule has 0 bridgehead atoms. The molecule has 14 nitrogen and oxygen atoms in total. The highest BCUT2D eigenvalue weighted by Crippen LogP contribution is 2.49. The van der Waals surface area contributed by atoms with Crippen LogP contribution in [0.2, 0.25) is 5.02 Å².